The van der Waals surface area contributed by atoms with Gasteiger partial charge in [0.2, 0.25) is 0 Å². The number of nitrogens with two attached hydrogens (primary N) is 1. The van der Waals surface area contributed by atoms with Gasteiger partial charge in [-0.1, -0.05) is 0 Å². The maximum Gasteiger partial charge on any atom is 0.175 e. The zero-order chi connectivity index (χ0) is 14.8. The third-order valence-corrected chi connectivity index (χ3v) is 3.98. The fraction of sp³-hybridized carbons (Fsp3) is 0.308. The Balaban J connectivity index is 2.00. The van der Waals surface area contributed by atoms with Crippen molar-refractivity contribution in [1.82, 2.24) is 9.78 Å². The molecule has 20 heavy (non-hydrogen) atoms. The minimum atomic E-state index is -3.22. The zero-order valence-corrected chi connectivity index (χ0v) is 12.3. The lowest BCUT2D eigenvalue weighted by Gasteiger charge is -2.10. The predicted octanol–water partition coefficient (Wildman–Crippen LogP) is 1.29. The summed E-state index contributed by atoms with van der Waals surface area (Å²) in [5, 5.41) is 7.35. The van der Waals surface area contributed by atoms with Crippen molar-refractivity contribution < 1.29 is 8.42 Å². The van der Waals surface area contributed by atoms with Crippen molar-refractivity contribution in [2.75, 3.05) is 23.9 Å². The van der Waals surface area contributed by atoms with Crippen LogP contribution in [0.2, 0.25) is 0 Å². The summed E-state index contributed by atoms with van der Waals surface area (Å²) in [4.78, 5) is 0.225. The van der Waals surface area contributed by atoms with E-state index < -0.39 is 9.84 Å². The second-order valence-electron chi connectivity index (χ2n) is 4.73. The lowest BCUT2D eigenvalue weighted by atomic mass is 10.2. The van der Waals surface area contributed by atoms with Gasteiger partial charge in [0.25, 0.3) is 0 Å². The van der Waals surface area contributed by atoms with Crippen LogP contribution in [0.5, 0.6) is 0 Å². The summed E-state index contributed by atoms with van der Waals surface area (Å²) < 4.78 is 24.7. The number of nitrogens with zero attached hydrogens (tertiary/aromatic N) is 2. The molecule has 0 fully saturated rings. The van der Waals surface area contributed by atoms with Crippen LogP contribution in [-0.2, 0) is 16.4 Å². The summed E-state index contributed by atoms with van der Waals surface area (Å²) in [6.07, 6.45) is 4.92. The van der Waals surface area contributed by atoms with Gasteiger partial charge in [-0.25, -0.2) is 8.42 Å². The Morgan fingerprint density at radius 1 is 1.40 bits per heavy atom. The molecule has 0 saturated carbocycles. The Morgan fingerprint density at radius 2 is 2.15 bits per heavy atom. The van der Waals surface area contributed by atoms with Crippen LogP contribution in [-0.4, -0.2) is 31.0 Å². The average molecular weight is 294 g/mol. The number of benzene rings is 1. The number of rotatable bonds is 5. The molecule has 0 aliphatic heterocycles. The minimum Gasteiger partial charge on any atom is -0.397 e. The summed E-state index contributed by atoms with van der Waals surface area (Å²) in [6, 6.07) is 4.70. The molecule has 108 valence electrons. The summed E-state index contributed by atoms with van der Waals surface area (Å²) >= 11 is 0. The van der Waals surface area contributed by atoms with Gasteiger partial charge in [-0.2, -0.15) is 5.10 Å². The van der Waals surface area contributed by atoms with Gasteiger partial charge >= 0.3 is 0 Å². The van der Waals surface area contributed by atoms with Crippen molar-refractivity contribution in [2.45, 2.75) is 18.4 Å². The SMILES string of the molecule is Cc1cnn(CCNc2ccc(S(C)(=O)=O)cc2N)c1. The van der Waals surface area contributed by atoms with Crippen LogP contribution in [0.3, 0.4) is 0 Å². The highest BCUT2D eigenvalue weighted by Crippen LogP contribution is 2.22. The molecular formula is C13H18N4O2S. The van der Waals surface area contributed by atoms with Gasteiger partial charge in [-0.05, 0) is 30.7 Å². The van der Waals surface area contributed by atoms with E-state index in [0.29, 0.717) is 18.8 Å². The summed E-state index contributed by atoms with van der Waals surface area (Å²) in [7, 11) is -3.22. The number of hydrogen-bond acceptors (Lipinski definition) is 5. The summed E-state index contributed by atoms with van der Waals surface area (Å²) in [6.45, 7) is 3.35. The number of anilines is 2. The average Bonchev–Trinajstić information content (AvgIpc) is 2.76. The Kier molecular flexibility index (Phi) is 3.99. The highest BCUT2D eigenvalue weighted by molar-refractivity contribution is 7.90. The molecule has 6 nitrogen and oxygen atoms in total. The molecule has 1 aromatic carbocycles. The predicted molar refractivity (Wildman–Crippen MR) is 79.4 cm³/mol. The van der Waals surface area contributed by atoms with E-state index in [9.17, 15) is 8.42 Å². The number of nitrogen functional groups attached to an aromatic ring is 1. The van der Waals surface area contributed by atoms with Crippen LogP contribution in [0.1, 0.15) is 5.56 Å². The summed E-state index contributed by atoms with van der Waals surface area (Å²) in [5.74, 6) is 0. The molecule has 0 bridgehead atoms. The van der Waals surface area contributed by atoms with Crippen molar-refractivity contribution in [3.8, 4) is 0 Å². The molecule has 7 heteroatoms. The van der Waals surface area contributed by atoms with E-state index in [1.807, 2.05) is 17.8 Å². The fourth-order valence-corrected chi connectivity index (χ4v) is 2.48. The molecule has 0 amide bonds. The van der Waals surface area contributed by atoms with Crippen molar-refractivity contribution in [3.05, 3.63) is 36.2 Å². The van der Waals surface area contributed by atoms with Crippen LogP contribution in [0.15, 0.2) is 35.5 Å². The normalized spacial score (nSPS) is 11.5. The van der Waals surface area contributed by atoms with E-state index in [-0.39, 0.29) is 4.90 Å². The third-order valence-electron chi connectivity index (χ3n) is 2.87. The van der Waals surface area contributed by atoms with Gasteiger partial charge in [-0.15, -0.1) is 0 Å². The first-order valence-corrected chi connectivity index (χ1v) is 8.08. The Labute approximate surface area is 118 Å². The molecule has 0 saturated heterocycles. The first-order valence-electron chi connectivity index (χ1n) is 6.19. The lowest BCUT2D eigenvalue weighted by molar-refractivity contribution is 0.602. The van der Waals surface area contributed by atoms with E-state index in [1.165, 1.54) is 6.07 Å². The molecule has 0 aliphatic carbocycles. The molecule has 0 spiro atoms. The molecule has 1 heterocycles. The van der Waals surface area contributed by atoms with Crippen molar-refractivity contribution in [1.29, 1.82) is 0 Å². The smallest absolute Gasteiger partial charge is 0.175 e. The molecule has 1 aromatic heterocycles. The first kappa shape index (κ1) is 14.4. The first-order chi connectivity index (χ1) is 9.36. The maximum absolute atomic E-state index is 11.4. The second kappa shape index (κ2) is 5.54. The largest absolute Gasteiger partial charge is 0.397 e. The molecule has 0 radical (unpaired) electrons. The monoisotopic (exact) mass is 294 g/mol. The molecule has 0 aliphatic rings. The maximum atomic E-state index is 11.4. The van der Waals surface area contributed by atoms with Crippen molar-refractivity contribution in [2.24, 2.45) is 0 Å². The van der Waals surface area contributed by atoms with E-state index in [0.717, 1.165) is 17.5 Å². The van der Waals surface area contributed by atoms with Crippen molar-refractivity contribution >= 4 is 21.2 Å². The number of hydrogen-bond donors (Lipinski definition) is 2. The van der Waals surface area contributed by atoms with E-state index >= 15 is 0 Å². The molecular weight excluding hydrogens is 276 g/mol. The quantitative estimate of drug-likeness (QED) is 0.811. The Bertz CT molecular complexity index is 707. The van der Waals surface area contributed by atoms with Crippen LogP contribution >= 0.6 is 0 Å². The lowest BCUT2D eigenvalue weighted by Crippen LogP contribution is -2.12. The van der Waals surface area contributed by atoms with Crippen molar-refractivity contribution in [3.63, 3.8) is 0 Å². The molecule has 0 unspecified atom stereocenters. The molecule has 0 atom stereocenters. The Hall–Kier alpha value is -2.02. The fourth-order valence-electron chi connectivity index (χ4n) is 1.83. The number of nitrogens with one attached hydrogen (secondary N) is 1. The number of aromatic nitrogens is 2. The highest BCUT2D eigenvalue weighted by Gasteiger charge is 2.09. The molecule has 3 N–H and O–H groups in total. The van der Waals surface area contributed by atoms with Crippen LogP contribution in [0, 0.1) is 6.92 Å². The van der Waals surface area contributed by atoms with Gasteiger partial charge in [0.05, 0.1) is 29.0 Å². The number of sulfone groups is 1. The summed E-state index contributed by atoms with van der Waals surface area (Å²) in [5.41, 5.74) is 8.11. The van der Waals surface area contributed by atoms with Gasteiger partial charge < -0.3 is 11.1 Å². The highest BCUT2D eigenvalue weighted by atomic mass is 32.2. The van der Waals surface area contributed by atoms with E-state index in [1.54, 1.807) is 18.3 Å². The van der Waals surface area contributed by atoms with Gasteiger partial charge in [0.1, 0.15) is 0 Å². The van der Waals surface area contributed by atoms with Gasteiger partial charge in [0, 0.05) is 19.0 Å². The van der Waals surface area contributed by atoms with Gasteiger partial charge in [0.15, 0.2) is 9.84 Å². The van der Waals surface area contributed by atoms with Crippen LogP contribution < -0.4 is 11.1 Å². The minimum absolute atomic E-state index is 0.225. The molecule has 2 rings (SSSR count). The number of aryl methyl sites for hydroxylation is 1. The zero-order valence-electron chi connectivity index (χ0n) is 11.5. The van der Waals surface area contributed by atoms with E-state index in [2.05, 4.69) is 10.4 Å². The Morgan fingerprint density at radius 3 is 2.70 bits per heavy atom. The molecule has 2 aromatic rings. The second-order valence-corrected chi connectivity index (χ2v) is 6.74. The van der Waals surface area contributed by atoms with Gasteiger partial charge in [-0.3, -0.25) is 4.68 Å². The standard InChI is InChI=1S/C13H18N4O2S/c1-10-8-16-17(9-10)6-5-15-13-4-3-11(7-12(13)14)20(2,18)19/h3-4,7-9,15H,5-6,14H2,1-2H3. The van der Waals surface area contributed by atoms with E-state index in [4.69, 9.17) is 5.73 Å². The van der Waals surface area contributed by atoms with Crippen LogP contribution in [0.4, 0.5) is 11.4 Å². The third kappa shape index (κ3) is 3.51. The topological polar surface area (TPSA) is 90.0 Å². The van der Waals surface area contributed by atoms with Crippen LogP contribution in [0.25, 0.3) is 0 Å².